The van der Waals surface area contributed by atoms with Crippen LogP contribution in [0.3, 0.4) is 0 Å². The zero-order chi connectivity index (χ0) is 12.5. The first-order valence-corrected chi connectivity index (χ1v) is 6.03. The molecule has 0 unspecified atom stereocenters. The van der Waals surface area contributed by atoms with Crippen LogP contribution < -0.4 is 0 Å². The Hall–Kier alpha value is -2.22. The molecule has 0 aliphatic rings. The Labute approximate surface area is 106 Å². The maximum Gasteiger partial charge on any atom is 0.0930 e. The van der Waals surface area contributed by atoms with Gasteiger partial charge in [0.1, 0.15) is 0 Å². The Morgan fingerprint density at radius 2 is 1.50 bits per heavy atom. The molecule has 0 aliphatic carbocycles. The molecule has 3 rings (SSSR count). The number of aryl methyl sites for hydroxylation is 2. The van der Waals surface area contributed by atoms with E-state index >= 15 is 0 Å². The lowest BCUT2D eigenvalue weighted by molar-refractivity contribution is 0.987. The van der Waals surface area contributed by atoms with Gasteiger partial charge in [0, 0.05) is 5.56 Å². The molecule has 0 bridgehead atoms. The van der Waals surface area contributed by atoms with Gasteiger partial charge in [0.2, 0.25) is 0 Å². The van der Waals surface area contributed by atoms with Crippen LogP contribution in [0.2, 0.25) is 0 Å². The molecule has 0 saturated heterocycles. The van der Waals surface area contributed by atoms with Gasteiger partial charge in [-0.15, -0.1) is 0 Å². The second-order valence-corrected chi connectivity index (χ2v) is 4.63. The number of fused-ring (bicyclic) bond motifs is 1. The number of hydrogen-bond donors (Lipinski definition) is 0. The van der Waals surface area contributed by atoms with Crippen LogP contribution in [0.25, 0.3) is 22.0 Å². The van der Waals surface area contributed by atoms with Crippen LogP contribution in [0.5, 0.6) is 0 Å². The van der Waals surface area contributed by atoms with Gasteiger partial charge in [0.15, 0.2) is 0 Å². The fraction of sp³-hybridized carbons (Fsp3) is 0.125. The minimum Gasteiger partial charge on any atom is -0.155 e. The Kier molecular flexibility index (Phi) is 2.56. The van der Waals surface area contributed by atoms with Crippen LogP contribution in [0.15, 0.2) is 48.5 Å². The van der Waals surface area contributed by atoms with Crippen molar-refractivity contribution < 1.29 is 0 Å². The van der Waals surface area contributed by atoms with Gasteiger partial charge in [0.05, 0.1) is 11.4 Å². The quantitative estimate of drug-likeness (QED) is 0.638. The molecule has 1 heterocycles. The number of benzene rings is 2. The largest absolute Gasteiger partial charge is 0.155 e. The molecule has 3 aromatic rings. The number of aromatic nitrogens is 2. The zero-order valence-electron chi connectivity index (χ0n) is 10.5. The van der Waals surface area contributed by atoms with Gasteiger partial charge in [-0.25, -0.2) is 0 Å². The molecule has 0 saturated carbocycles. The van der Waals surface area contributed by atoms with Crippen LogP contribution in [-0.2, 0) is 0 Å². The summed E-state index contributed by atoms with van der Waals surface area (Å²) in [5.74, 6) is 0. The van der Waals surface area contributed by atoms with Crippen molar-refractivity contribution >= 4 is 10.8 Å². The highest BCUT2D eigenvalue weighted by Crippen LogP contribution is 2.23. The normalized spacial score (nSPS) is 10.8. The summed E-state index contributed by atoms with van der Waals surface area (Å²) in [4.78, 5) is 0. The van der Waals surface area contributed by atoms with E-state index < -0.39 is 0 Å². The van der Waals surface area contributed by atoms with Crippen LogP contribution in [0.1, 0.15) is 11.3 Å². The molecule has 0 amide bonds. The Balaban J connectivity index is 2.13. The van der Waals surface area contributed by atoms with Crippen LogP contribution in [0, 0.1) is 13.8 Å². The Morgan fingerprint density at radius 3 is 2.28 bits per heavy atom. The lowest BCUT2D eigenvalue weighted by Gasteiger charge is -2.04. The van der Waals surface area contributed by atoms with E-state index in [1.54, 1.807) is 0 Å². The maximum atomic E-state index is 4.22. The van der Waals surface area contributed by atoms with Gasteiger partial charge in [-0.05, 0) is 42.8 Å². The van der Waals surface area contributed by atoms with Crippen molar-refractivity contribution in [3.05, 3.63) is 59.8 Å². The first-order valence-electron chi connectivity index (χ1n) is 6.03. The van der Waals surface area contributed by atoms with Crippen molar-refractivity contribution in [2.45, 2.75) is 13.8 Å². The first kappa shape index (κ1) is 10.9. The van der Waals surface area contributed by atoms with Crippen molar-refractivity contribution in [1.82, 2.24) is 10.2 Å². The van der Waals surface area contributed by atoms with E-state index in [1.807, 2.05) is 19.1 Å². The molecule has 88 valence electrons. The molecule has 18 heavy (non-hydrogen) atoms. The van der Waals surface area contributed by atoms with E-state index in [4.69, 9.17) is 0 Å². The zero-order valence-corrected chi connectivity index (χ0v) is 10.5. The molecule has 2 nitrogen and oxygen atoms in total. The molecular formula is C16H14N2. The number of hydrogen-bond acceptors (Lipinski definition) is 2. The van der Waals surface area contributed by atoms with Gasteiger partial charge in [-0.3, -0.25) is 0 Å². The molecular weight excluding hydrogens is 220 g/mol. The van der Waals surface area contributed by atoms with Crippen LogP contribution in [-0.4, -0.2) is 10.2 Å². The molecule has 1 aromatic heterocycles. The van der Waals surface area contributed by atoms with E-state index in [0.717, 1.165) is 17.0 Å². The fourth-order valence-electron chi connectivity index (χ4n) is 2.08. The minimum atomic E-state index is 0.920. The summed E-state index contributed by atoms with van der Waals surface area (Å²) in [7, 11) is 0. The second-order valence-electron chi connectivity index (χ2n) is 4.63. The Bertz CT molecular complexity index is 700. The third-order valence-corrected chi connectivity index (χ3v) is 3.09. The molecule has 0 N–H and O–H groups in total. The van der Waals surface area contributed by atoms with Gasteiger partial charge in [-0.1, -0.05) is 35.9 Å². The van der Waals surface area contributed by atoms with Crippen LogP contribution >= 0.6 is 0 Å². The van der Waals surface area contributed by atoms with Crippen molar-refractivity contribution in [2.75, 3.05) is 0 Å². The molecule has 0 radical (unpaired) electrons. The average Bonchev–Trinajstić information content (AvgIpc) is 2.39. The van der Waals surface area contributed by atoms with Crippen molar-refractivity contribution in [2.24, 2.45) is 0 Å². The lowest BCUT2D eigenvalue weighted by atomic mass is 10.0. The van der Waals surface area contributed by atoms with E-state index in [9.17, 15) is 0 Å². The van der Waals surface area contributed by atoms with Gasteiger partial charge < -0.3 is 0 Å². The molecule has 0 fully saturated rings. The van der Waals surface area contributed by atoms with Crippen LogP contribution in [0.4, 0.5) is 0 Å². The lowest BCUT2D eigenvalue weighted by Crippen LogP contribution is -1.89. The SMILES string of the molecule is Cc1ccc2cc(-c3ccc(C)nn3)ccc2c1. The summed E-state index contributed by atoms with van der Waals surface area (Å²) in [5, 5.41) is 10.8. The molecule has 0 atom stereocenters. The maximum absolute atomic E-state index is 4.22. The highest BCUT2D eigenvalue weighted by atomic mass is 15.1. The summed E-state index contributed by atoms with van der Waals surface area (Å²) in [5.41, 5.74) is 4.25. The Morgan fingerprint density at radius 1 is 0.722 bits per heavy atom. The fourth-order valence-corrected chi connectivity index (χ4v) is 2.08. The van der Waals surface area contributed by atoms with Gasteiger partial charge >= 0.3 is 0 Å². The number of rotatable bonds is 1. The summed E-state index contributed by atoms with van der Waals surface area (Å²) < 4.78 is 0. The van der Waals surface area contributed by atoms with E-state index in [-0.39, 0.29) is 0 Å². The highest BCUT2D eigenvalue weighted by Gasteiger charge is 2.01. The third-order valence-electron chi connectivity index (χ3n) is 3.09. The molecule has 2 aromatic carbocycles. The van der Waals surface area contributed by atoms with Crippen molar-refractivity contribution in [3.63, 3.8) is 0 Å². The smallest absolute Gasteiger partial charge is 0.0930 e. The predicted molar refractivity (Wildman–Crippen MR) is 74.4 cm³/mol. The molecule has 2 heteroatoms. The van der Waals surface area contributed by atoms with E-state index in [1.165, 1.54) is 16.3 Å². The third kappa shape index (κ3) is 1.97. The van der Waals surface area contributed by atoms with Crippen molar-refractivity contribution in [1.29, 1.82) is 0 Å². The summed E-state index contributed by atoms with van der Waals surface area (Å²) in [6, 6.07) is 16.9. The number of nitrogens with zero attached hydrogens (tertiary/aromatic N) is 2. The minimum absolute atomic E-state index is 0.920. The topological polar surface area (TPSA) is 25.8 Å². The predicted octanol–water partition coefficient (Wildman–Crippen LogP) is 3.91. The van der Waals surface area contributed by atoms with Gasteiger partial charge in [0.25, 0.3) is 0 Å². The second kappa shape index (κ2) is 4.22. The molecule has 0 aliphatic heterocycles. The molecule has 0 spiro atoms. The first-order chi connectivity index (χ1) is 8.72. The summed E-state index contributed by atoms with van der Waals surface area (Å²) in [6.45, 7) is 4.05. The highest BCUT2D eigenvalue weighted by molar-refractivity contribution is 5.87. The monoisotopic (exact) mass is 234 g/mol. The van der Waals surface area contributed by atoms with E-state index in [0.29, 0.717) is 0 Å². The standard InChI is InChI=1S/C16H14N2/c1-11-3-5-14-10-15(7-6-13(14)9-11)16-8-4-12(2)17-18-16/h3-10H,1-2H3. The van der Waals surface area contributed by atoms with Crippen molar-refractivity contribution in [3.8, 4) is 11.3 Å². The average molecular weight is 234 g/mol. The summed E-state index contributed by atoms with van der Waals surface area (Å²) in [6.07, 6.45) is 0. The van der Waals surface area contributed by atoms with E-state index in [2.05, 4.69) is 53.5 Å². The summed E-state index contributed by atoms with van der Waals surface area (Å²) >= 11 is 0. The van der Waals surface area contributed by atoms with Gasteiger partial charge in [-0.2, -0.15) is 10.2 Å².